The van der Waals surface area contributed by atoms with Gasteiger partial charge in [0.05, 0.1) is 0 Å². The van der Waals surface area contributed by atoms with Crippen LogP contribution in [0.5, 0.6) is 0 Å². The van der Waals surface area contributed by atoms with Gasteiger partial charge in [-0.15, -0.1) is 0 Å². The molecule has 4 nitrogen and oxygen atoms in total. The van der Waals surface area contributed by atoms with Crippen LogP contribution in [0, 0.1) is 7.43 Å². The molecule has 0 aliphatic carbocycles. The molecule has 0 fully saturated rings. The first-order valence-electron chi connectivity index (χ1n) is 2.01. The van der Waals surface area contributed by atoms with Gasteiger partial charge in [-0.25, -0.2) is 4.98 Å². The van der Waals surface area contributed by atoms with E-state index in [-0.39, 0.29) is 32.7 Å². The molecule has 0 aliphatic heterocycles. The summed E-state index contributed by atoms with van der Waals surface area (Å²) in [7, 11) is 0. The Morgan fingerprint density at radius 2 is 2.30 bits per heavy atom. The maximum atomic E-state index is 9.86. The van der Waals surface area contributed by atoms with Crippen molar-refractivity contribution in [3.63, 3.8) is 0 Å². The number of imidazole rings is 1. The molecule has 0 atom stereocenters. The number of nitrogens with zero attached hydrogens (tertiary/aromatic N) is 1. The number of H-pyrrole nitrogens is 1. The minimum absolute atomic E-state index is 0. The quantitative estimate of drug-likeness (QED) is 0.468. The summed E-state index contributed by atoms with van der Waals surface area (Å²) in [5.41, 5.74) is 0. The Hall–Kier alpha value is -0.697. The minimum Gasteiger partial charge on any atom is -0.542 e. The Morgan fingerprint density at radius 3 is 2.50 bits per heavy atom. The molecule has 0 bridgehead atoms. The smallest absolute Gasteiger partial charge is 0.542 e. The van der Waals surface area contributed by atoms with Crippen molar-refractivity contribution >= 4 is 5.97 Å². The number of rotatable bonds is 1. The van der Waals surface area contributed by atoms with E-state index in [0.717, 1.165) is 0 Å². The Morgan fingerprint density at radius 1 is 1.70 bits per heavy atom. The number of aromatic amines is 1. The fourth-order valence-corrected chi connectivity index (χ4v) is 0.377. The molecular weight excluding hydrogens is 185 g/mol. The topological polar surface area (TPSA) is 68.8 Å². The molecule has 0 unspecified atom stereocenters. The first-order valence-corrected chi connectivity index (χ1v) is 2.01. The van der Waals surface area contributed by atoms with Gasteiger partial charge in [0.25, 0.3) is 0 Å². The number of hydrogen-bond acceptors (Lipinski definition) is 3. The number of carboxylic acid groups (broad SMARTS) is 1. The molecule has 10 heavy (non-hydrogen) atoms. The zero-order chi connectivity index (χ0) is 5.98. The predicted octanol–water partition coefficient (Wildman–Crippen LogP) is -0.779. The average Bonchev–Trinajstić information content (AvgIpc) is 2.12. The van der Waals surface area contributed by atoms with Crippen LogP contribution in [0.4, 0.5) is 0 Å². The molecule has 1 aromatic rings. The summed E-state index contributed by atoms with van der Waals surface area (Å²) in [6.07, 6.45) is 2.77. The van der Waals surface area contributed by atoms with Gasteiger partial charge in [0.2, 0.25) is 0 Å². The Bertz CT molecular complexity index is 186. The summed E-state index contributed by atoms with van der Waals surface area (Å²) in [5, 5.41) is 9.86. The van der Waals surface area contributed by atoms with Crippen LogP contribution >= 0.6 is 0 Å². The van der Waals surface area contributed by atoms with Gasteiger partial charge in [-0.2, -0.15) is 0 Å². The van der Waals surface area contributed by atoms with Crippen molar-refractivity contribution in [1.29, 1.82) is 0 Å². The summed E-state index contributed by atoms with van der Waals surface area (Å²) in [5.74, 6) is -1.42. The number of aromatic nitrogens is 2. The van der Waals surface area contributed by atoms with Gasteiger partial charge in [0.15, 0.2) is 5.82 Å². The summed E-state index contributed by atoms with van der Waals surface area (Å²) in [6, 6.07) is 0. The van der Waals surface area contributed by atoms with Crippen LogP contribution in [0.1, 0.15) is 10.6 Å². The van der Waals surface area contributed by atoms with E-state index < -0.39 is 5.97 Å². The molecule has 0 saturated carbocycles. The van der Waals surface area contributed by atoms with Gasteiger partial charge < -0.3 is 22.3 Å². The molecular formula is C5H6N2O2Zn. The van der Waals surface area contributed by atoms with E-state index in [1.165, 1.54) is 12.4 Å². The summed E-state index contributed by atoms with van der Waals surface area (Å²) >= 11 is 0. The van der Waals surface area contributed by atoms with E-state index >= 15 is 0 Å². The molecule has 0 amide bonds. The molecule has 5 heteroatoms. The second-order valence-electron chi connectivity index (χ2n) is 1.23. The molecule has 1 rings (SSSR count). The van der Waals surface area contributed by atoms with Crippen LogP contribution < -0.4 is 5.11 Å². The van der Waals surface area contributed by atoms with Crippen LogP contribution in [0.15, 0.2) is 12.4 Å². The van der Waals surface area contributed by atoms with Gasteiger partial charge in [-0.05, 0) is 0 Å². The molecule has 1 aromatic heterocycles. The summed E-state index contributed by atoms with van der Waals surface area (Å²) in [6.45, 7) is 0. The van der Waals surface area contributed by atoms with E-state index in [1.54, 1.807) is 0 Å². The van der Waals surface area contributed by atoms with Crippen LogP contribution in [-0.2, 0) is 19.5 Å². The molecule has 0 spiro atoms. The van der Waals surface area contributed by atoms with Gasteiger partial charge in [0.1, 0.15) is 5.97 Å². The number of carbonyl (C=O) groups excluding carboxylic acids is 1. The number of carbonyl (C=O) groups is 1. The molecule has 0 radical (unpaired) electrons. The normalized spacial score (nSPS) is 7.20. The minimum atomic E-state index is -1.28. The van der Waals surface area contributed by atoms with E-state index in [9.17, 15) is 9.90 Å². The number of aromatic carboxylic acids is 1. The molecule has 0 aliphatic rings. The summed E-state index contributed by atoms with van der Waals surface area (Å²) in [4.78, 5) is 15.6. The third-order valence-corrected chi connectivity index (χ3v) is 0.692. The van der Waals surface area contributed by atoms with Crippen molar-refractivity contribution in [2.75, 3.05) is 0 Å². The van der Waals surface area contributed by atoms with Crippen molar-refractivity contribution in [2.45, 2.75) is 0 Å². The molecule has 50 valence electrons. The molecule has 0 aromatic carbocycles. The predicted molar refractivity (Wildman–Crippen MR) is 29.3 cm³/mol. The SMILES string of the molecule is O=C([O-])c1ncc[nH]1.[CH3-].[Zn+2]. The third kappa shape index (κ3) is 2.73. The standard InChI is InChI=1S/C4H4N2O2.CH3.Zn/c7-4(8)3-5-1-2-6-3;;/h1-2H,(H,5,6)(H,7,8);1H3;/q;-1;+2/p-1. The summed E-state index contributed by atoms with van der Waals surface area (Å²) < 4.78 is 0. The largest absolute Gasteiger partial charge is 2.00 e. The second kappa shape index (κ2) is 5.12. The zero-order valence-electron chi connectivity index (χ0n) is 5.63. The van der Waals surface area contributed by atoms with Crippen molar-refractivity contribution < 1.29 is 29.4 Å². The van der Waals surface area contributed by atoms with E-state index in [0.29, 0.717) is 0 Å². The fourth-order valence-electron chi connectivity index (χ4n) is 0.377. The number of hydrogen-bond donors (Lipinski definition) is 1. The Balaban J connectivity index is 0. The van der Waals surface area contributed by atoms with Crippen LogP contribution in [0.3, 0.4) is 0 Å². The Labute approximate surface area is 71.4 Å². The van der Waals surface area contributed by atoms with E-state index in [1.807, 2.05) is 0 Å². The van der Waals surface area contributed by atoms with Crippen LogP contribution in [0.25, 0.3) is 0 Å². The van der Waals surface area contributed by atoms with Crippen molar-refractivity contribution in [3.8, 4) is 0 Å². The van der Waals surface area contributed by atoms with Gasteiger partial charge >= 0.3 is 19.5 Å². The van der Waals surface area contributed by atoms with Crippen LogP contribution in [-0.4, -0.2) is 15.9 Å². The Kier molecular flexibility index (Phi) is 6.15. The first kappa shape index (κ1) is 12.0. The maximum Gasteiger partial charge on any atom is 2.00 e. The second-order valence-corrected chi connectivity index (χ2v) is 1.23. The molecule has 1 heterocycles. The first-order chi connectivity index (χ1) is 3.80. The maximum absolute atomic E-state index is 9.86. The third-order valence-electron chi connectivity index (χ3n) is 0.692. The number of nitrogens with one attached hydrogen (secondary N) is 1. The molecule has 0 saturated heterocycles. The van der Waals surface area contributed by atoms with E-state index in [2.05, 4.69) is 9.97 Å². The van der Waals surface area contributed by atoms with Gasteiger partial charge in [-0.3, -0.25) is 0 Å². The van der Waals surface area contributed by atoms with E-state index in [4.69, 9.17) is 0 Å². The van der Waals surface area contributed by atoms with Crippen molar-refractivity contribution in [2.24, 2.45) is 0 Å². The fraction of sp³-hybridized carbons (Fsp3) is 0. The average molecular weight is 192 g/mol. The van der Waals surface area contributed by atoms with Crippen molar-refractivity contribution in [1.82, 2.24) is 9.97 Å². The van der Waals surface area contributed by atoms with Crippen molar-refractivity contribution in [3.05, 3.63) is 25.6 Å². The zero-order valence-corrected chi connectivity index (χ0v) is 8.59. The van der Waals surface area contributed by atoms with Crippen LogP contribution in [0.2, 0.25) is 0 Å². The van der Waals surface area contributed by atoms with Gasteiger partial charge in [0, 0.05) is 12.4 Å². The van der Waals surface area contributed by atoms with Gasteiger partial charge in [-0.1, -0.05) is 0 Å². The molecule has 1 N–H and O–H groups in total. The monoisotopic (exact) mass is 190 g/mol. The number of carboxylic acids is 1.